The monoisotopic (exact) mass is 561 g/mol. The first-order valence-corrected chi connectivity index (χ1v) is 12.8. The van der Waals surface area contributed by atoms with Gasteiger partial charge in [0, 0.05) is 5.03 Å². The third-order valence-electron chi connectivity index (χ3n) is 7.16. The highest BCUT2D eigenvalue weighted by Crippen LogP contribution is 2.59. The van der Waals surface area contributed by atoms with Gasteiger partial charge in [-0.25, -0.2) is 0 Å². The first kappa shape index (κ1) is 29.5. The molecule has 1 saturated carbocycles. The molecule has 2 aliphatic rings. The van der Waals surface area contributed by atoms with Gasteiger partial charge in [-0.1, -0.05) is 48.3 Å². The Morgan fingerprint density at radius 2 is 1.78 bits per heavy atom. The molecule has 1 fully saturated rings. The van der Waals surface area contributed by atoms with Crippen molar-refractivity contribution in [2.75, 3.05) is 5.32 Å². The first-order valence-electron chi connectivity index (χ1n) is 12.1. The molecule has 2 unspecified atom stereocenters. The summed E-state index contributed by atoms with van der Waals surface area (Å²) in [5, 5.41) is 14.5. The molecule has 0 spiro atoms. The first-order chi connectivity index (χ1) is 16.9. The van der Waals surface area contributed by atoms with Gasteiger partial charge in [0.05, 0.1) is 22.5 Å². The molecule has 0 aliphatic heterocycles. The third-order valence-corrected chi connectivity index (χ3v) is 7.77. The van der Waals surface area contributed by atoms with Crippen molar-refractivity contribution < 1.29 is 32.6 Å². The molecule has 3 rings (SSSR count). The van der Waals surface area contributed by atoms with E-state index in [0.29, 0.717) is 17.9 Å². The summed E-state index contributed by atoms with van der Waals surface area (Å²) in [6.45, 7) is 7.65. The highest BCUT2D eigenvalue weighted by atomic mass is 35.5. The number of carbonyl (C=O) groups excluding carboxylic acids is 2. The zero-order chi connectivity index (χ0) is 28.0. The molecule has 0 saturated heterocycles. The molecular formula is C27H32Cl2F3NO4. The van der Waals surface area contributed by atoms with E-state index in [4.69, 9.17) is 27.9 Å². The highest BCUT2D eigenvalue weighted by Gasteiger charge is 2.64. The van der Waals surface area contributed by atoms with Crippen molar-refractivity contribution in [1.29, 1.82) is 0 Å². The predicted molar refractivity (Wildman–Crippen MR) is 137 cm³/mol. The maximum Gasteiger partial charge on any atom is 0.392 e. The Hall–Kier alpha value is -2.03. The highest BCUT2D eigenvalue weighted by molar-refractivity contribution is 6.33. The van der Waals surface area contributed by atoms with Crippen LogP contribution >= 0.6 is 23.2 Å². The van der Waals surface area contributed by atoms with E-state index in [-0.39, 0.29) is 22.7 Å². The number of alkyl halides is 3. The number of ether oxygens (including phenoxy) is 1. The lowest BCUT2D eigenvalue weighted by Gasteiger charge is -2.35. The van der Waals surface area contributed by atoms with Crippen LogP contribution < -0.4 is 5.32 Å². The minimum absolute atomic E-state index is 0.0390. The number of anilines is 1. The van der Waals surface area contributed by atoms with Gasteiger partial charge in [0.1, 0.15) is 16.6 Å². The van der Waals surface area contributed by atoms with Gasteiger partial charge in [-0.3, -0.25) is 9.59 Å². The quantitative estimate of drug-likeness (QED) is 0.347. The van der Waals surface area contributed by atoms with E-state index in [2.05, 4.69) is 5.32 Å². The number of halogens is 5. The van der Waals surface area contributed by atoms with Gasteiger partial charge in [-0.2, -0.15) is 13.2 Å². The van der Waals surface area contributed by atoms with Crippen molar-refractivity contribution >= 4 is 40.8 Å². The van der Waals surface area contributed by atoms with Crippen LogP contribution in [0.3, 0.4) is 0 Å². The van der Waals surface area contributed by atoms with Gasteiger partial charge in [-0.15, -0.1) is 0 Å². The topological polar surface area (TPSA) is 75.6 Å². The van der Waals surface area contributed by atoms with Gasteiger partial charge in [-0.05, 0) is 76.6 Å². The van der Waals surface area contributed by atoms with Gasteiger partial charge in [0.25, 0.3) is 0 Å². The second-order valence-electron chi connectivity index (χ2n) is 11.0. The molecular weight excluding hydrogens is 530 g/mol. The van der Waals surface area contributed by atoms with Crippen LogP contribution in [-0.4, -0.2) is 28.8 Å². The van der Waals surface area contributed by atoms with E-state index in [1.807, 2.05) is 0 Å². The van der Waals surface area contributed by atoms with E-state index >= 15 is 0 Å². The normalized spacial score (nSPS) is 22.4. The summed E-state index contributed by atoms with van der Waals surface area (Å²) < 4.78 is 46.7. The van der Waals surface area contributed by atoms with Crippen molar-refractivity contribution in [2.24, 2.45) is 23.2 Å². The molecule has 37 heavy (non-hydrogen) atoms. The van der Waals surface area contributed by atoms with Gasteiger partial charge < -0.3 is 15.2 Å². The molecule has 2 aliphatic carbocycles. The molecule has 0 heterocycles. The van der Waals surface area contributed by atoms with Crippen LogP contribution in [0.2, 0.25) is 5.02 Å². The van der Waals surface area contributed by atoms with Crippen molar-refractivity contribution in [3.8, 4) is 0 Å². The smallest absolute Gasteiger partial charge is 0.392 e. The second kappa shape index (κ2) is 10.3. The predicted octanol–water partition coefficient (Wildman–Crippen LogP) is 7.12. The van der Waals surface area contributed by atoms with E-state index in [9.17, 15) is 27.9 Å². The van der Waals surface area contributed by atoms with Crippen LogP contribution in [0.1, 0.15) is 59.4 Å². The summed E-state index contributed by atoms with van der Waals surface area (Å²) in [7, 11) is 0. The minimum Gasteiger partial charge on any atom is -0.459 e. The Labute approximate surface area is 225 Å². The van der Waals surface area contributed by atoms with Gasteiger partial charge >= 0.3 is 12.1 Å². The average molecular weight is 562 g/mol. The zero-order valence-electron chi connectivity index (χ0n) is 21.4. The fourth-order valence-electron chi connectivity index (χ4n) is 4.68. The Morgan fingerprint density at radius 1 is 1.16 bits per heavy atom. The summed E-state index contributed by atoms with van der Waals surface area (Å²) in [5.74, 6) is -5.53. The Kier molecular flexibility index (Phi) is 8.19. The summed E-state index contributed by atoms with van der Waals surface area (Å²) >= 11 is 12.2. The number of hydrogen-bond donors (Lipinski definition) is 2. The van der Waals surface area contributed by atoms with Gasteiger partial charge in [0.15, 0.2) is 0 Å². The largest absolute Gasteiger partial charge is 0.459 e. The number of nitrogens with one attached hydrogen (secondary N) is 1. The molecule has 4 atom stereocenters. The van der Waals surface area contributed by atoms with Crippen LogP contribution in [0.25, 0.3) is 0 Å². The minimum atomic E-state index is -4.61. The molecule has 0 bridgehead atoms. The van der Waals surface area contributed by atoms with Gasteiger partial charge in [0.2, 0.25) is 5.91 Å². The van der Waals surface area contributed by atoms with E-state index < -0.39 is 52.4 Å². The summed E-state index contributed by atoms with van der Waals surface area (Å²) in [6.07, 6.45) is 0.927. The van der Waals surface area contributed by atoms with E-state index in [1.54, 1.807) is 26.8 Å². The number of esters is 1. The fourth-order valence-corrected chi connectivity index (χ4v) is 5.01. The van der Waals surface area contributed by atoms with Crippen LogP contribution in [-0.2, 0) is 19.9 Å². The number of benzene rings is 1. The Balaban J connectivity index is 1.91. The number of rotatable bonds is 7. The number of hydrogen-bond acceptors (Lipinski definition) is 4. The summed E-state index contributed by atoms with van der Waals surface area (Å²) in [5.41, 5.74) is -3.29. The Bertz CT molecular complexity index is 1120. The molecule has 10 heteroatoms. The van der Waals surface area contributed by atoms with E-state index in [0.717, 1.165) is 6.92 Å². The van der Waals surface area contributed by atoms with Crippen LogP contribution in [0.4, 0.5) is 18.9 Å². The van der Waals surface area contributed by atoms with Crippen LogP contribution in [0, 0.1) is 23.2 Å². The van der Waals surface area contributed by atoms with Crippen molar-refractivity contribution in [3.63, 3.8) is 0 Å². The van der Waals surface area contributed by atoms with Crippen LogP contribution in [0.15, 0.2) is 41.5 Å². The molecule has 2 N–H and O–H groups in total. The second-order valence-corrected chi connectivity index (χ2v) is 11.9. The Morgan fingerprint density at radius 3 is 2.27 bits per heavy atom. The average Bonchev–Trinajstić information content (AvgIpc) is 3.57. The number of amides is 1. The molecule has 0 radical (unpaired) electrons. The van der Waals surface area contributed by atoms with Crippen molar-refractivity contribution in [1.82, 2.24) is 0 Å². The lowest BCUT2D eigenvalue weighted by Crippen LogP contribution is -2.43. The molecule has 204 valence electrons. The number of allylic oxidation sites excluding steroid dienone is 4. The maximum atomic E-state index is 13.7. The standard InChI is InChI=1S/C27H32Cl2F3NO4/c1-15(27(30,31)32)21(16-6-9-18(28)10-7-16)22(34)33-20-14-17(8-11-19(20)29)25(5,36)26(12-13-26)23(35)37-24(2,3)4/h6,8-11,14-16,21,36H,7,12-13H2,1-5H3,(H,33,34)/t15-,16?,21+,25?/m1/s1. The third kappa shape index (κ3) is 6.35. The molecule has 1 amide bonds. The number of aliphatic hydroxyl groups is 1. The van der Waals surface area contributed by atoms with Crippen LogP contribution in [0.5, 0.6) is 0 Å². The lowest BCUT2D eigenvalue weighted by atomic mass is 9.78. The SMILES string of the molecule is C[C@H]([C@H](C(=O)Nc1cc(C(C)(O)C2(C(=O)OC(C)(C)C)CC2)ccc1Cl)C1C=CC(Cl)=CC1)C(F)(F)F. The summed E-state index contributed by atoms with van der Waals surface area (Å²) in [6, 6.07) is 4.35. The maximum absolute atomic E-state index is 13.7. The zero-order valence-corrected chi connectivity index (χ0v) is 22.9. The lowest BCUT2D eigenvalue weighted by molar-refractivity contribution is -0.188. The van der Waals surface area contributed by atoms with Crippen molar-refractivity contribution in [3.05, 3.63) is 52.0 Å². The fraction of sp³-hybridized carbons (Fsp3) is 0.556. The molecule has 1 aromatic carbocycles. The van der Waals surface area contributed by atoms with E-state index in [1.165, 1.54) is 37.3 Å². The van der Waals surface area contributed by atoms with Crippen molar-refractivity contribution in [2.45, 2.75) is 71.3 Å². The molecule has 5 nitrogen and oxygen atoms in total. The molecule has 0 aromatic heterocycles. The summed E-state index contributed by atoms with van der Waals surface area (Å²) in [4.78, 5) is 26.2. The molecule has 1 aromatic rings. The number of carbonyl (C=O) groups is 2.